The Hall–Kier alpha value is -2.56. The highest BCUT2D eigenvalue weighted by Gasteiger charge is 2.14. The number of rotatable bonds is 3. The van der Waals surface area contributed by atoms with Crippen molar-refractivity contribution in [1.82, 2.24) is 0 Å². The van der Waals surface area contributed by atoms with Crippen LogP contribution in [-0.4, -0.2) is 12.3 Å². The van der Waals surface area contributed by atoms with E-state index in [0.29, 0.717) is 17.9 Å². The first-order valence-corrected chi connectivity index (χ1v) is 5.32. The standard InChI is InChI=1S/C14H8F2O3/c15-10-3-6-12(13(16)7-10)14(18)19-11-4-1-9(8-17)2-5-11/h1-8H. The first-order chi connectivity index (χ1) is 9.10. The van der Waals surface area contributed by atoms with E-state index < -0.39 is 17.6 Å². The zero-order chi connectivity index (χ0) is 13.8. The van der Waals surface area contributed by atoms with Gasteiger partial charge in [0.15, 0.2) is 0 Å². The van der Waals surface area contributed by atoms with Gasteiger partial charge in [0.1, 0.15) is 23.7 Å². The summed E-state index contributed by atoms with van der Waals surface area (Å²) in [6.45, 7) is 0. The average molecular weight is 262 g/mol. The van der Waals surface area contributed by atoms with Crippen LogP contribution in [0.5, 0.6) is 5.75 Å². The maximum atomic E-state index is 13.3. The van der Waals surface area contributed by atoms with Crippen molar-refractivity contribution < 1.29 is 23.1 Å². The number of halogens is 2. The molecule has 0 unspecified atom stereocenters. The van der Waals surface area contributed by atoms with Crippen LogP contribution in [0.15, 0.2) is 42.5 Å². The summed E-state index contributed by atoms with van der Waals surface area (Å²) in [6, 6.07) is 8.30. The normalized spacial score (nSPS) is 10.0. The summed E-state index contributed by atoms with van der Waals surface area (Å²) >= 11 is 0. The Labute approximate surface area is 107 Å². The minimum absolute atomic E-state index is 0.166. The molecule has 3 nitrogen and oxygen atoms in total. The topological polar surface area (TPSA) is 43.4 Å². The van der Waals surface area contributed by atoms with E-state index in [1.165, 1.54) is 24.3 Å². The number of carbonyl (C=O) groups excluding carboxylic acids is 2. The zero-order valence-corrected chi connectivity index (χ0v) is 9.60. The summed E-state index contributed by atoms with van der Waals surface area (Å²) in [7, 11) is 0. The molecule has 5 heteroatoms. The van der Waals surface area contributed by atoms with Crippen molar-refractivity contribution in [3.63, 3.8) is 0 Å². The Morgan fingerprint density at radius 2 is 1.74 bits per heavy atom. The van der Waals surface area contributed by atoms with Gasteiger partial charge in [0.05, 0.1) is 5.56 Å². The fraction of sp³-hybridized carbons (Fsp3) is 0. The maximum Gasteiger partial charge on any atom is 0.346 e. The van der Waals surface area contributed by atoms with Gasteiger partial charge in [-0.05, 0) is 36.4 Å². The summed E-state index contributed by atoms with van der Waals surface area (Å²) < 4.78 is 30.9. The average Bonchev–Trinajstić information content (AvgIpc) is 2.39. The molecule has 0 heterocycles. The SMILES string of the molecule is O=Cc1ccc(OC(=O)c2ccc(F)cc2F)cc1. The highest BCUT2D eigenvalue weighted by atomic mass is 19.1. The second-order valence-corrected chi connectivity index (χ2v) is 3.70. The van der Waals surface area contributed by atoms with Gasteiger partial charge in [0, 0.05) is 11.6 Å². The summed E-state index contributed by atoms with van der Waals surface area (Å²) in [5.74, 6) is -2.53. The van der Waals surface area contributed by atoms with Crippen LogP contribution < -0.4 is 4.74 Å². The number of benzene rings is 2. The third-order valence-electron chi connectivity index (χ3n) is 2.38. The van der Waals surface area contributed by atoms with Gasteiger partial charge >= 0.3 is 5.97 Å². The lowest BCUT2D eigenvalue weighted by molar-refractivity contribution is 0.0730. The molecule has 0 amide bonds. The van der Waals surface area contributed by atoms with Crippen molar-refractivity contribution in [2.75, 3.05) is 0 Å². The predicted octanol–water partition coefficient (Wildman–Crippen LogP) is 3.00. The van der Waals surface area contributed by atoms with Crippen molar-refractivity contribution in [2.24, 2.45) is 0 Å². The Kier molecular flexibility index (Phi) is 3.66. The molecule has 96 valence electrons. The van der Waals surface area contributed by atoms with E-state index in [0.717, 1.165) is 12.1 Å². The lowest BCUT2D eigenvalue weighted by Crippen LogP contribution is -2.10. The van der Waals surface area contributed by atoms with Gasteiger partial charge in [-0.25, -0.2) is 13.6 Å². The van der Waals surface area contributed by atoms with Gasteiger partial charge in [-0.3, -0.25) is 4.79 Å². The number of esters is 1. The lowest BCUT2D eigenvalue weighted by atomic mass is 10.2. The third kappa shape index (κ3) is 3.01. The minimum atomic E-state index is -0.991. The fourth-order valence-corrected chi connectivity index (χ4v) is 1.43. The van der Waals surface area contributed by atoms with Gasteiger partial charge in [-0.1, -0.05) is 0 Å². The molecule has 0 saturated heterocycles. The molecule has 0 spiro atoms. The van der Waals surface area contributed by atoms with E-state index >= 15 is 0 Å². The molecular formula is C14H8F2O3. The van der Waals surface area contributed by atoms with Crippen LogP contribution in [0.25, 0.3) is 0 Å². The molecule has 0 aliphatic heterocycles. The Morgan fingerprint density at radius 3 is 2.32 bits per heavy atom. The van der Waals surface area contributed by atoms with E-state index in [-0.39, 0.29) is 11.3 Å². The minimum Gasteiger partial charge on any atom is -0.423 e. The molecule has 0 aromatic heterocycles. The van der Waals surface area contributed by atoms with Crippen LogP contribution in [0.1, 0.15) is 20.7 Å². The maximum absolute atomic E-state index is 13.3. The van der Waals surface area contributed by atoms with Crippen molar-refractivity contribution >= 4 is 12.3 Å². The number of hydrogen-bond donors (Lipinski definition) is 0. The van der Waals surface area contributed by atoms with Crippen molar-refractivity contribution in [3.8, 4) is 5.75 Å². The molecule has 0 atom stereocenters. The molecular weight excluding hydrogens is 254 g/mol. The van der Waals surface area contributed by atoms with Gasteiger partial charge in [-0.2, -0.15) is 0 Å². The van der Waals surface area contributed by atoms with Crippen LogP contribution in [0.4, 0.5) is 8.78 Å². The summed E-state index contributed by atoms with van der Waals surface area (Å²) in [5, 5.41) is 0. The molecule has 19 heavy (non-hydrogen) atoms. The van der Waals surface area contributed by atoms with E-state index in [9.17, 15) is 18.4 Å². The zero-order valence-electron chi connectivity index (χ0n) is 9.60. The second-order valence-electron chi connectivity index (χ2n) is 3.70. The van der Waals surface area contributed by atoms with E-state index in [1.54, 1.807) is 0 Å². The van der Waals surface area contributed by atoms with Crippen molar-refractivity contribution in [3.05, 3.63) is 65.2 Å². The highest BCUT2D eigenvalue weighted by Crippen LogP contribution is 2.16. The number of ether oxygens (including phenoxy) is 1. The smallest absolute Gasteiger partial charge is 0.346 e. The Bertz CT molecular complexity index is 621. The number of aldehydes is 1. The van der Waals surface area contributed by atoms with Gasteiger partial charge in [0.2, 0.25) is 0 Å². The van der Waals surface area contributed by atoms with Gasteiger partial charge < -0.3 is 4.74 Å². The van der Waals surface area contributed by atoms with Crippen LogP contribution in [0.2, 0.25) is 0 Å². The molecule has 0 aliphatic carbocycles. The molecule has 0 aliphatic rings. The lowest BCUT2D eigenvalue weighted by Gasteiger charge is -2.05. The largest absolute Gasteiger partial charge is 0.423 e. The van der Waals surface area contributed by atoms with Crippen LogP contribution in [0.3, 0.4) is 0 Å². The van der Waals surface area contributed by atoms with Crippen molar-refractivity contribution in [2.45, 2.75) is 0 Å². The molecule has 2 rings (SSSR count). The van der Waals surface area contributed by atoms with Crippen LogP contribution >= 0.6 is 0 Å². The quantitative estimate of drug-likeness (QED) is 0.485. The van der Waals surface area contributed by atoms with E-state index in [4.69, 9.17) is 4.74 Å². The van der Waals surface area contributed by atoms with Crippen molar-refractivity contribution in [1.29, 1.82) is 0 Å². The fourth-order valence-electron chi connectivity index (χ4n) is 1.43. The molecule has 2 aromatic rings. The molecule has 0 radical (unpaired) electrons. The second kappa shape index (κ2) is 5.39. The van der Waals surface area contributed by atoms with E-state index in [1.807, 2.05) is 0 Å². The molecule has 0 saturated carbocycles. The Balaban J connectivity index is 2.18. The van der Waals surface area contributed by atoms with Gasteiger partial charge in [0.25, 0.3) is 0 Å². The molecule has 0 bridgehead atoms. The summed E-state index contributed by atoms with van der Waals surface area (Å²) in [5.41, 5.74) is 0.0635. The van der Waals surface area contributed by atoms with E-state index in [2.05, 4.69) is 0 Å². The third-order valence-corrected chi connectivity index (χ3v) is 2.38. The molecule has 0 N–H and O–H groups in total. The number of hydrogen-bond acceptors (Lipinski definition) is 3. The monoisotopic (exact) mass is 262 g/mol. The summed E-state index contributed by atoms with van der Waals surface area (Å²) in [4.78, 5) is 22.1. The molecule has 2 aromatic carbocycles. The molecule has 0 fully saturated rings. The van der Waals surface area contributed by atoms with Crippen LogP contribution in [-0.2, 0) is 0 Å². The highest BCUT2D eigenvalue weighted by molar-refractivity contribution is 5.91. The Morgan fingerprint density at radius 1 is 1.05 bits per heavy atom. The predicted molar refractivity (Wildman–Crippen MR) is 63.1 cm³/mol. The van der Waals surface area contributed by atoms with Gasteiger partial charge in [-0.15, -0.1) is 0 Å². The van der Waals surface area contributed by atoms with Crippen LogP contribution in [0, 0.1) is 11.6 Å². The summed E-state index contributed by atoms with van der Waals surface area (Å²) in [6.07, 6.45) is 0.644. The number of carbonyl (C=O) groups is 2. The first-order valence-electron chi connectivity index (χ1n) is 5.32. The first kappa shape index (κ1) is 12.9.